The minimum absolute atomic E-state index is 0.0640. The Labute approximate surface area is 174 Å². The summed E-state index contributed by atoms with van der Waals surface area (Å²) in [4.78, 5) is 20.9. The third-order valence-electron chi connectivity index (χ3n) is 5.11. The molecule has 10 heteroatoms. The van der Waals surface area contributed by atoms with Gasteiger partial charge in [0.2, 0.25) is 15.9 Å². The van der Waals surface area contributed by atoms with E-state index in [9.17, 15) is 13.2 Å². The summed E-state index contributed by atoms with van der Waals surface area (Å²) in [7, 11) is -3.57. The van der Waals surface area contributed by atoms with Crippen molar-refractivity contribution in [3.63, 3.8) is 0 Å². The van der Waals surface area contributed by atoms with E-state index in [1.165, 1.54) is 22.8 Å². The molecule has 0 spiro atoms. The highest BCUT2D eigenvalue weighted by atomic mass is 32.2. The van der Waals surface area contributed by atoms with Gasteiger partial charge in [0, 0.05) is 56.5 Å². The van der Waals surface area contributed by atoms with E-state index in [0.29, 0.717) is 38.3 Å². The highest BCUT2D eigenvalue weighted by Crippen LogP contribution is 2.23. The lowest BCUT2D eigenvalue weighted by Gasteiger charge is -2.30. The summed E-state index contributed by atoms with van der Waals surface area (Å²) in [5.74, 6) is 0.407. The summed E-state index contributed by atoms with van der Waals surface area (Å²) in [5.41, 5.74) is 0.917. The predicted molar refractivity (Wildman–Crippen MR) is 109 cm³/mol. The fourth-order valence-corrected chi connectivity index (χ4v) is 4.88. The second-order valence-corrected chi connectivity index (χ2v) is 9.00. The molecule has 1 fully saturated rings. The van der Waals surface area contributed by atoms with Gasteiger partial charge in [-0.25, -0.2) is 18.1 Å². The third kappa shape index (κ3) is 4.39. The molecule has 0 saturated carbocycles. The maximum absolute atomic E-state index is 12.7. The SMILES string of the molecule is O=C(NCc1ccnc(-n2cccn2)c1)C1CCN(S(=O)(=O)c2cccnc2)CC1. The van der Waals surface area contributed by atoms with Crippen LogP contribution in [-0.2, 0) is 21.4 Å². The van der Waals surface area contributed by atoms with Crippen LogP contribution in [0.4, 0.5) is 0 Å². The molecule has 0 unspecified atom stereocenters. The molecule has 30 heavy (non-hydrogen) atoms. The molecule has 0 radical (unpaired) electrons. The van der Waals surface area contributed by atoms with Crippen molar-refractivity contribution >= 4 is 15.9 Å². The number of nitrogens with one attached hydrogen (secondary N) is 1. The van der Waals surface area contributed by atoms with Crippen LogP contribution in [0.25, 0.3) is 5.82 Å². The van der Waals surface area contributed by atoms with Crippen molar-refractivity contribution in [3.05, 3.63) is 66.9 Å². The maximum Gasteiger partial charge on any atom is 0.244 e. The Kier molecular flexibility index (Phi) is 5.86. The predicted octanol–water partition coefficient (Wildman–Crippen LogP) is 1.38. The van der Waals surface area contributed by atoms with E-state index in [0.717, 1.165) is 5.56 Å². The van der Waals surface area contributed by atoms with Crippen LogP contribution >= 0.6 is 0 Å². The molecule has 1 N–H and O–H groups in total. The summed E-state index contributed by atoms with van der Waals surface area (Å²) in [6.45, 7) is 1.01. The van der Waals surface area contributed by atoms with E-state index in [1.807, 2.05) is 18.2 Å². The molecule has 0 bridgehead atoms. The van der Waals surface area contributed by atoms with Crippen LogP contribution in [0.2, 0.25) is 0 Å². The average Bonchev–Trinajstić information content (AvgIpc) is 3.33. The molecule has 3 aromatic rings. The van der Waals surface area contributed by atoms with E-state index >= 15 is 0 Å². The Morgan fingerprint density at radius 2 is 1.97 bits per heavy atom. The minimum atomic E-state index is -3.57. The van der Waals surface area contributed by atoms with Crippen molar-refractivity contribution in [3.8, 4) is 5.82 Å². The van der Waals surface area contributed by atoms with Crippen molar-refractivity contribution in [1.29, 1.82) is 0 Å². The Balaban J connectivity index is 1.31. The maximum atomic E-state index is 12.7. The zero-order valence-corrected chi connectivity index (χ0v) is 17.1. The summed E-state index contributed by atoms with van der Waals surface area (Å²) in [5, 5.41) is 7.11. The van der Waals surface area contributed by atoms with E-state index in [4.69, 9.17) is 0 Å². The zero-order valence-electron chi connectivity index (χ0n) is 16.3. The first-order chi connectivity index (χ1) is 14.5. The molecule has 1 saturated heterocycles. The first-order valence-corrected chi connectivity index (χ1v) is 11.1. The second-order valence-electron chi connectivity index (χ2n) is 7.06. The summed E-state index contributed by atoms with van der Waals surface area (Å²) in [6, 6.07) is 8.67. The average molecular weight is 427 g/mol. The molecule has 1 amide bonds. The van der Waals surface area contributed by atoms with Gasteiger partial charge in [0.1, 0.15) is 4.90 Å². The number of hydrogen-bond acceptors (Lipinski definition) is 6. The van der Waals surface area contributed by atoms with E-state index in [2.05, 4.69) is 20.4 Å². The first-order valence-electron chi connectivity index (χ1n) is 9.67. The van der Waals surface area contributed by atoms with Gasteiger partial charge < -0.3 is 5.32 Å². The lowest BCUT2D eigenvalue weighted by atomic mass is 9.97. The van der Waals surface area contributed by atoms with Crippen molar-refractivity contribution in [2.45, 2.75) is 24.3 Å². The Morgan fingerprint density at radius 3 is 2.67 bits per heavy atom. The fourth-order valence-electron chi connectivity index (χ4n) is 3.44. The lowest BCUT2D eigenvalue weighted by Crippen LogP contribution is -2.42. The number of rotatable bonds is 6. The Hall–Kier alpha value is -3.11. The van der Waals surface area contributed by atoms with Gasteiger partial charge in [-0.2, -0.15) is 9.40 Å². The summed E-state index contributed by atoms with van der Waals surface area (Å²) in [6.07, 6.45) is 9.02. The van der Waals surface area contributed by atoms with Crippen LogP contribution in [0.3, 0.4) is 0 Å². The third-order valence-corrected chi connectivity index (χ3v) is 6.99. The quantitative estimate of drug-likeness (QED) is 0.638. The number of nitrogens with zero attached hydrogens (tertiary/aromatic N) is 5. The van der Waals surface area contributed by atoms with Crippen molar-refractivity contribution in [2.24, 2.45) is 5.92 Å². The molecule has 1 aliphatic heterocycles. The number of sulfonamides is 1. The normalized spacial score (nSPS) is 15.7. The molecule has 0 aromatic carbocycles. The molecular weight excluding hydrogens is 404 g/mol. The van der Waals surface area contributed by atoms with E-state index in [-0.39, 0.29) is 16.7 Å². The van der Waals surface area contributed by atoms with Gasteiger partial charge >= 0.3 is 0 Å². The molecular formula is C20H22N6O3S. The number of pyridine rings is 2. The standard InChI is InChI=1S/C20H22N6O3S/c27-20(23-14-16-4-9-22-19(13-16)26-10-2-8-24-26)17-5-11-25(12-6-17)30(28,29)18-3-1-7-21-15-18/h1-4,7-10,13,15,17H,5-6,11-12,14H2,(H,23,27). The first kappa shape index (κ1) is 20.2. The van der Waals surface area contributed by atoms with Crippen molar-refractivity contribution in [1.82, 2.24) is 29.4 Å². The molecule has 4 heterocycles. The van der Waals surface area contributed by atoms with E-state index < -0.39 is 10.0 Å². The topological polar surface area (TPSA) is 110 Å². The molecule has 0 aliphatic carbocycles. The zero-order chi connectivity index (χ0) is 21.0. The number of aromatic nitrogens is 4. The monoisotopic (exact) mass is 426 g/mol. The van der Waals surface area contributed by atoms with Crippen molar-refractivity contribution in [2.75, 3.05) is 13.1 Å². The van der Waals surface area contributed by atoms with Gasteiger partial charge in [-0.1, -0.05) is 0 Å². The smallest absolute Gasteiger partial charge is 0.244 e. The fraction of sp³-hybridized carbons (Fsp3) is 0.300. The van der Waals surface area contributed by atoms with Gasteiger partial charge in [-0.15, -0.1) is 0 Å². The van der Waals surface area contributed by atoms with Gasteiger partial charge in [0.15, 0.2) is 5.82 Å². The highest BCUT2D eigenvalue weighted by molar-refractivity contribution is 7.89. The number of amides is 1. The lowest BCUT2D eigenvalue weighted by molar-refractivity contribution is -0.126. The minimum Gasteiger partial charge on any atom is -0.352 e. The highest BCUT2D eigenvalue weighted by Gasteiger charge is 2.32. The Morgan fingerprint density at radius 1 is 1.13 bits per heavy atom. The number of piperidine rings is 1. The van der Waals surface area contributed by atoms with Gasteiger partial charge in [-0.05, 0) is 48.7 Å². The molecule has 1 aliphatic rings. The molecule has 3 aromatic heterocycles. The van der Waals surface area contributed by atoms with E-state index in [1.54, 1.807) is 29.3 Å². The second kappa shape index (κ2) is 8.72. The van der Waals surface area contributed by atoms with Gasteiger partial charge in [0.25, 0.3) is 0 Å². The number of carbonyl (C=O) groups is 1. The molecule has 9 nitrogen and oxygen atoms in total. The van der Waals surface area contributed by atoms with Crippen LogP contribution in [0.5, 0.6) is 0 Å². The largest absolute Gasteiger partial charge is 0.352 e. The van der Waals surface area contributed by atoms with Gasteiger partial charge in [0.05, 0.1) is 0 Å². The van der Waals surface area contributed by atoms with Crippen LogP contribution in [0, 0.1) is 5.92 Å². The van der Waals surface area contributed by atoms with Crippen LogP contribution in [0.1, 0.15) is 18.4 Å². The van der Waals surface area contributed by atoms with Gasteiger partial charge in [-0.3, -0.25) is 9.78 Å². The summed E-state index contributed by atoms with van der Waals surface area (Å²) >= 11 is 0. The van der Waals surface area contributed by atoms with Crippen molar-refractivity contribution < 1.29 is 13.2 Å². The Bertz CT molecular complexity index is 1090. The summed E-state index contributed by atoms with van der Waals surface area (Å²) < 4.78 is 28.4. The number of hydrogen-bond donors (Lipinski definition) is 1. The van der Waals surface area contributed by atoms with Crippen LogP contribution in [0.15, 0.2) is 66.2 Å². The van der Waals surface area contributed by atoms with Crippen LogP contribution < -0.4 is 5.32 Å². The molecule has 0 atom stereocenters. The molecule has 4 rings (SSSR count). The van der Waals surface area contributed by atoms with Crippen LogP contribution in [-0.4, -0.2) is 51.5 Å². The number of carbonyl (C=O) groups excluding carboxylic acids is 1. The molecule has 156 valence electrons.